The molecule has 0 amide bonds. The largest absolute Gasteiger partial charge is 0.389 e. The van der Waals surface area contributed by atoms with Crippen LogP contribution < -0.4 is 5.73 Å². The third kappa shape index (κ3) is 3.49. The second-order valence-corrected chi connectivity index (χ2v) is 5.22. The van der Waals surface area contributed by atoms with Crippen molar-refractivity contribution in [3.63, 3.8) is 0 Å². The maximum absolute atomic E-state index is 13.9. The average molecular weight is 282 g/mol. The summed E-state index contributed by atoms with van der Waals surface area (Å²) >= 11 is 4.94. The van der Waals surface area contributed by atoms with Crippen molar-refractivity contribution >= 4 is 17.2 Å². The van der Waals surface area contributed by atoms with E-state index in [1.54, 1.807) is 12.1 Å². The van der Waals surface area contributed by atoms with Crippen molar-refractivity contribution in [1.29, 1.82) is 0 Å². The van der Waals surface area contributed by atoms with Gasteiger partial charge >= 0.3 is 0 Å². The zero-order valence-electron chi connectivity index (χ0n) is 11.1. The maximum Gasteiger partial charge on any atom is 0.127 e. The number of morpholine rings is 1. The third-order valence-corrected chi connectivity index (χ3v) is 3.76. The highest BCUT2D eigenvalue weighted by atomic mass is 32.1. The predicted molar refractivity (Wildman–Crippen MR) is 77.6 cm³/mol. The van der Waals surface area contributed by atoms with E-state index in [0.29, 0.717) is 41.9 Å². The molecule has 2 N–H and O–H groups in total. The van der Waals surface area contributed by atoms with Gasteiger partial charge in [0.25, 0.3) is 0 Å². The van der Waals surface area contributed by atoms with Gasteiger partial charge in [0.15, 0.2) is 0 Å². The van der Waals surface area contributed by atoms with Gasteiger partial charge in [-0.2, -0.15) is 0 Å². The summed E-state index contributed by atoms with van der Waals surface area (Å²) in [5, 5.41) is 0. The number of benzene rings is 1. The molecule has 1 saturated heterocycles. The monoisotopic (exact) mass is 282 g/mol. The molecule has 0 aliphatic carbocycles. The molecule has 1 unspecified atom stereocenters. The van der Waals surface area contributed by atoms with Crippen LogP contribution in [0.3, 0.4) is 0 Å². The number of nitrogens with two attached hydrogens (primary N) is 1. The summed E-state index contributed by atoms with van der Waals surface area (Å²) in [6, 6.07) is 5.16. The summed E-state index contributed by atoms with van der Waals surface area (Å²) in [5.74, 6) is -0.207. The van der Waals surface area contributed by atoms with E-state index in [2.05, 4.69) is 11.8 Å². The van der Waals surface area contributed by atoms with Gasteiger partial charge in [0.1, 0.15) is 10.8 Å². The Kier molecular flexibility index (Phi) is 4.85. The summed E-state index contributed by atoms with van der Waals surface area (Å²) < 4.78 is 19.3. The van der Waals surface area contributed by atoms with E-state index in [-0.39, 0.29) is 5.82 Å². The van der Waals surface area contributed by atoms with E-state index in [9.17, 15) is 4.39 Å². The summed E-state index contributed by atoms with van der Waals surface area (Å²) in [6.45, 7) is 4.94. The van der Waals surface area contributed by atoms with Crippen molar-refractivity contribution in [3.05, 3.63) is 35.1 Å². The SMILES string of the molecule is CCC1COCCN1Cc1cc(C(N)=S)ccc1F. The quantitative estimate of drug-likeness (QED) is 0.858. The molecule has 0 radical (unpaired) electrons. The molecule has 1 aromatic carbocycles. The Morgan fingerprint density at radius 1 is 1.58 bits per heavy atom. The second-order valence-electron chi connectivity index (χ2n) is 4.78. The average Bonchev–Trinajstić information content (AvgIpc) is 2.41. The first-order valence-corrected chi connectivity index (χ1v) is 6.92. The van der Waals surface area contributed by atoms with Crippen LogP contribution in [0, 0.1) is 5.82 Å². The third-order valence-electron chi connectivity index (χ3n) is 3.52. The molecule has 0 spiro atoms. The van der Waals surface area contributed by atoms with Gasteiger partial charge in [0, 0.05) is 30.3 Å². The highest BCUT2D eigenvalue weighted by Crippen LogP contribution is 2.18. The molecule has 0 bridgehead atoms. The van der Waals surface area contributed by atoms with Gasteiger partial charge in [-0.3, -0.25) is 4.90 Å². The van der Waals surface area contributed by atoms with Crippen LogP contribution in [0.1, 0.15) is 24.5 Å². The molecule has 0 aromatic heterocycles. The fourth-order valence-electron chi connectivity index (χ4n) is 2.34. The molecule has 3 nitrogen and oxygen atoms in total. The maximum atomic E-state index is 13.9. The van der Waals surface area contributed by atoms with Crippen molar-refractivity contribution < 1.29 is 9.13 Å². The lowest BCUT2D eigenvalue weighted by atomic mass is 10.1. The molecular weight excluding hydrogens is 263 g/mol. The smallest absolute Gasteiger partial charge is 0.127 e. The van der Waals surface area contributed by atoms with Crippen molar-refractivity contribution in [2.75, 3.05) is 19.8 Å². The molecule has 1 aliphatic rings. The lowest BCUT2D eigenvalue weighted by Crippen LogP contribution is -2.44. The first kappa shape index (κ1) is 14.4. The van der Waals surface area contributed by atoms with Crippen LogP contribution in [0.2, 0.25) is 0 Å². The Morgan fingerprint density at radius 3 is 3.05 bits per heavy atom. The Hall–Kier alpha value is -1.04. The normalized spacial score (nSPS) is 20.4. The minimum absolute atomic E-state index is 0.207. The van der Waals surface area contributed by atoms with Crippen molar-refractivity contribution in [2.24, 2.45) is 5.73 Å². The molecule has 19 heavy (non-hydrogen) atoms. The van der Waals surface area contributed by atoms with Crippen LogP contribution >= 0.6 is 12.2 Å². The summed E-state index contributed by atoms with van der Waals surface area (Å²) in [5.41, 5.74) is 6.95. The van der Waals surface area contributed by atoms with E-state index in [0.717, 1.165) is 13.0 Å². The van der Waals surface area contributed by atoms with Gasteiger partial charge in [0.05, 0.1) is 13.2 Å². The molecule has 1 heterocycles. The Balaban J connectivity index is 2.17. The van der Waals surface area contributed by atoms with E-state index >= 15 is 0 Å². The Bertz CT molecular complexity index is 467. The fraction of sp³-hybridized carbons (Fsp3) is 0.500. The first-order valence-electron chi connectivity index (χ1n) is 6.51. The van der Waals surface area contributed by atoms with Gasteiger partial charge in [-0.25, -0.2) is 4.39 Å². The zero-order valence-corrected chi connectivity index (χ0v) is 11.9. The van der Waals surface area contributed by atoms with E-state index < -0.39 is 0 Å². The van der Waals surface area contributed by atoms with Gasteiger partial charge < -0.3 is 10.5 Å². The molecule has 1 fully saturated rings. The molecule has 2 rings (SSSR count). The first-order chi connectivity index (χ1) is 9.11. The highest BCUT2D eigenvalue weighted by molar-refractivity contribution is 7.80. The van der Waals surface area contributed by atoms with Gasteiger partial charge in [0.2, 0.25) is 0 Å². The summed E-state index contributed by atoms with van der Waals surface area (Å²) in [6.07, 6.45) is 0.997. The van der Waals surface area contributed by atoms with Gasteiger partial charge in [-0.05, 0) is 24.6 Å². The number of hydrogen-bond donors (Lipinski definition) is 1. The Labute approximate surface area is 118 Å². The molecule has 1 aliphatic heterocycles. The fourth-order valence-corrected chi connectivity index (χ4v) is 2.47. The van der Waals surface area contributed by atoms with E-state index in [4.69, 9.17) is 22.7 Å². The molecule has 1 atom stereocenters. The number of thiocarbonyl (C=S) groups is 1. The molecular formula is C14H19FN2OS. The van der Waals surface area contributed by atoms with Crippen LogP contribution in [0.25, 0.3) is 0 Å². The number of rotatable bonds is 4. The highest BCUT2D eigenvalue weighted by Gasteiger charge is 2.22. The molecule has 1 aromatic rings. The topological polar surface area (TPSA) is 38.5 Å². The number of nitrogens with zero attached hydrogens (tertiary/aromatic N) is 1. The van der Waals surface area contributed by atoms with Crippen molar-refractivity contribution in [2.45, 2.75) is 25.9 Å². The summed E-state index contributed by atoms with van der Waals surface area (Å²) in [7, 11) is 0. The number of halogens is 1. The second kappa shape index (κ2) is 6.41. The number of hydrogen-bond acceptors (Lipinski definition) is 3. The molecule has 0 saturated carbocycles. The predicted octanol–water partition coefficient (Wildman–Crippen LogP) is 2.07. The van der Waals surface area contributed by atoms with Crippen LogP contribution in [0.5, 0.6) is 0 Å². The minimum atomic E-state index is -0.207. The zero-order chi connectivity index (χ0) is 13.8. The van der Waals surface area contributed by atoms with Crippen molar-refractivity contribution in [3.8, 4) is 0 Å². The lowest BCUT2D eigenvalue weighted by Gasteiger charge is -2.35. The Morgan fingerprint density at radius 2 is 2.37 bits per heavy atom. The van der Waals surface area contributed by atoms with E-state index in [1.165, 1.54) is 6.07 Å². The van der Waals surface area contributed by atoms with Gasteiger partial charge in [-0.15, -0.1) is 0 Å². The molecule has 104 valence electrons. The van der Waals surface area contributed by atoms with Crippen molar-refractivity contribution in [1.82, 2.24) is 4.90 Å². The van der Waals surface area contributed by atoms with Crippen LogP contribution in [0.4, 0.5) is 4.39 Å². The van der Waals surface area contributed by atoms with Crippen LogP contribution in [-0.4, -0.2) is 35.7 Å². The lowest BCUT2D eigenvalue weighted by molar-refractivity contribution is -0.0131. The molecule has 5 heteroatoms. The van der Waals surface area contributed by atoms with E-state index in [1.807, 2.05) is 0 Å². The minimum Gasteiger partial charge on any atom is -0.389 e. The summed E-state index contributed by atoms with van der Waals surface area (Å²) in [4.78, 5) is 2.56. The van der Waals surface area contributed by atoms with Crippen LogP contribution in [-0.2, 0) is 11.3 Å². The van der Waals surface area contributed by atoms with Gasteiger partial charge in [-0.1, -0.05) is 19.1 Å². The van der Waals surface area contributed by atoms with Crippen LogP contribution in [0.15, 0.2) is 18.2 Å². The standard InChI is InChI=1S/C14H19FN2OS/c1-2-12-9-18-6-5-17(12)8-11-7-10(14(16)19)3-4-13(11)15/h3-4,7,12H,2,5-6,8-9H2,1H3,(H2,16,19). The number of ether oxygens (including phenoxy) is 1.